The molecule has 0 aliphatic rings. The highest BCUT2D eigenvalue weighted by Crippen LogP contribution is 2.21. The lowest BCUT2D eigenvalue weighted by molar-refractivity contribution is 0.0699. The monoisotopic (exact) mass is 298 g/mol. The third-order valence-corrected chi connectivity index (χ3v) is 4.14. The lowest BCUT2D eigenvalue weighted by Gasteiger charge is -2.08. The van der Waals surface area contributed by atoms with Gasteiger partial charge in [-0.15, -0.1) is 11.3 Å². The molecule has 0 aliphatic carbocycles. The Kier molecular flexibility index (Phi) is 3.83. The minimum absolute atomic E-state index is 0.277. The number of fused-ring (bicyclic) bond motifs is 1. The van der Waals surface area contributed by atoms with Crippen LogP contribution in [0.5, 0.6) is 0 Å². The van der Waals surface area contributed by atoms with Gasteiger partial charge in [0.15, 0.2) is 0 Å². The van der Waals surface area contributed by atoms with Crippen molar-refractivity contribution in [2.24, 2.45) is 0 Å². The fourth-order valence-corrected chi connectivity index (χ4v) is 2.92. The molecular formula is C16H14N2O2S. The van der Waals surface area contributed by atoms with Crippen LogP contribution < -0.4 is 5.32 Å². The Morgan fingerprint density at radius 3 is 2.86 bits per heavy atom. The third-order valence-electron chi connectivity index (χ3n) is 3.20. The molecule has 106 valence electrons. The molecule has 0 amide bonds. The summed E-state index contributed by atoms with van der Waals surface area (Å²) in [5.74, 6) is -0.336. The molecule has 21 heavy (non-hydrogen) atoms. The van der Waals surface area contributed by atoms with Crippen LogP contribution in [0.15, 0.2) is 47.8 Å². The van der Waals surface area contributed by atoms with Gasteiger partial charge in [0.25, 0.3) is 0 Å². The van der Waals surface area contributed by atoms with Crippen molar-refractivity contribution >= 4 is 34.0 Å². The zero-order valence-electron chi connectivity index (χ0n) is 11.2. The van der Waals surface area contributed by atoms with Crippen molar-refractivity contribution in [1.82, 2.24) is 4.98 Å². The van der Waals surface area contributed by atoms with E-state index in [0.717, 1.165) is 13.0 Å². The van der Waals surface area contributed by atoms with E-state index in [-0.39, 0.29) is 5.56 Å². The van der Waals surface area contributed by atoms with E-state index in [1.165, 1.54) is 4.88 Å². The molecule has 2 aromatic heterocycles. The van der Waals surface area contributed by atoms with E-state index >= 15 is 0 Å². The van der Waals surface area contributed by atoms with Gasteiger partial charge in [0, 0.05) is 16.8 Å². The van der Waals surface area contributed by atoms with Crippen molar-refractivity contribution in [2.75, 3.05) is 11.9 Å². The van der Waals surface area contributed by atoms with Crippen LogP contribution >= 0.6 is 11.3 Å². The maximum atomic E-state index is 11.4. The summed E-state index contributed by atoms with van der Waals surface area (Å²) in [5.41, 5.74) is 0.968. The predicted molar refractivity (Wildman–Crippen MR) is 85.2 cm³/mol. The van der Waals surface area contributed by atoms with Gasteiger partial charge in [-0.25, -0.2) is 9.78 Å². The van der Waals surface area contributed by atoms with Crippen LogP contribution in [0.1, 0.15) is 15.2 Å². The number of carboxylic acid groups (broad SMARTS) is 1. The molecule has 0 radical (unpaired) electrons. The number of aromatic carboxylic acids is 1. The second kappa shape index (κ2) is 5.93. The summed E-state index contributed by atoms with van der Waals surface area (Å²) in [6.45, 7) is 0.727. The molecule has 0 saturated carbocycles. The van der Waals surface area contributed by atoms with Gasteiger partial charge < -0.3 is 10.4 Å². The van der Waals surface area contributed by atoms with E-state index in [9.17, 15) is 9.90 Å². The summed E-state index contributed by atoms with van der Waals surface area (Å²) in [6.07, 6.45) is 0.897. The van der Waals surface area contributed by atoms with Gasteiger partial charge in [-0.2, -0.15) is 0 Å². The van der Waals surface area contributed by atoms with Crippen LogP contribution in [0.25, 0.3) is 10.9 Å². The average molecular weight is 298 g/mol. The van der Waals surface area contributed by atoms with Crippen LogP contribution in [0.4, 0.5) is 5.82 Å². The summed E-state index contributed by atoms with van der Waals surface area (Å²) < 4.78 is 0. The molecule has 3 rings (SSSR count). The Hall–Kier alpha value is -2.40. The lowest BCUT2D eigenvalue weighted by atomic mass is 10.1. The second-order valence-corrected chi connectivity index (χ2v) is 5.67. The molecule has 5 heteroatoms. The first-order valence-corrected chi connectivity index (χ1v) is 7.51. The zero-order valence-corrected chi connectivity index (χ0v) is 12.1. The molecule has 0 spiro atoms. The van der Waals surface area contributed by atoms with E-state index < -0.39 is 5.97 Å². The van der Waals surface area contributed by atoms with E-state index in [1.807, 2.05) is 29.6 Å². The summed E-state index contributed by atoms with van der Waals surface area (Å²) in [7, 11) is 0. The Morgan fingerprint density at radius 1 is 1.24 bits per heavy atom. The molecule has 1 aromatic carbocycles. The number of carbonyl (C=O) groups is 1. The smallest absolute Gasteiger partial charge is 0.336 e. The van der Waals surface area contributed by atoms with E-state index in [0.29, 0.717) is 16.7 Å². The first kappa shape index (κ1) is 13.6. The molecule has 0 fully saturated rings. The summed E-state index contributed by atoms with van der Waals surface area (Å²) >= 11 is 1.71. The first-order valence-electron chi connectivity index (χ1n) is 6.63. The quantitative estimate of drug-likeness (QED) is 0.754. The van der Waals surface area contributed by atoms with Crippen LogP contribution in [-0.4, -0.2) is 22.6 Å². The number of carboxylic acids is 1. The third kappa shape index (κ3) is 3.03. The highest BCUT2D eigenvalue weighted by molar-refractivity contribution is 7.09. The number of aromatic nitrogens is 1. The van der Waals surface area contributed by atoms with Gasteiger partial charge in [0.2, 0.25) is 0 Å². The highest BCUT2D eigenvalue weighted by atomic mass is 32.1. The summed E-state index contributed by atoms with van der Waals surface area (Å²) in [4.78, 5) is 17.1. The fraction of sp³-hybridized carbons (Fsp3) is 0.125. The maximum absolute atomic E-state index is 11.4. The number of hydrogen-bond donors (Lipinski definition) is 2. The van der Waals surface area contributed by atoms with Crippen molar-refractivity contribution in [3.63, 3.8) is 0 Å². The number of benzene rings is 1. The van der Waals surface area contributed by atoms with Gasteiger partial charge in [-0.05, 0) is 30.0 Å². The van der Waals surface area contributed by atoms with E-state index in [2.05, 4.69) is 16.4 Å². The second-order valence-electron chi connectivity index (χ2n) is 4.63. The number of nitrogens with one attached hydrogen (secondary N) is 1. The lowest BCUT2D eigenvalue weighted by Crippen LogP contribution is -2.08. The van der Waals surface area contributed by atoms with Crippen molar-refractivity contribution in [1.29, 1.82) is 0 Å². The molecule has 0 unspecified atom stereocenters. The topological polar surface area (TPSA) is 62.2 Å². The first-order chi connectivity index (χ1) is 10.2. The largest absolute Gasteiger partial charge is 0.478 e. The number of rotatable bonds is 5. The molecular weight excluding hydrogens is 284 g/mol. The van der Waals surface area contributed by atoms with Crippen LogP contribution in [0.2, 0.25) is 0 Å². The summed E-state index contributed by atoms with van der Waals surface area (Å²) in [6, 6.07) is 13.0. The van der Waals surface area contributed by atoms with Crippen LogP contribution in [0.3, 0.4) is 0 Å². The van der Waals surface area contributed by atoms with Crippen molar-refractivity contribution in [3.05, 3.63) is 58.3 Å². The van der Waals surface area contributed by atoms with Gasteiger partial charge in [0.05, 0.1) is 11.1 Å². The highest BCUT2D eigenvalue weighted by Gasteiger charge is 2.11. The normalized spacial score (nSPS) is 10.7. The Bertz CT molecular complexity index is 769. The molecule has 4 nitrogen and oxygen atoms in total. The predicted octanol–water partition coefficient (Wildman–Crippen LogP) is 3.65. The summed E-state index contributed by atoms with van der Waals surface area (Å²) in [5, 5.41) is 15.2. The zero-order chi connectivity index (χ0) is 14.7. The number of hydrogen-bond acceptors (Lipinski definition) is 4. The molecule has 0 atom stereocenters. The minimum Gasteiger partial charge on any atom is -0.478 e. The average Bonchev–Trinajstić information content (AvgIpc) is 2.99. The van der Waals surface area contributed by atoms with E-state index in [1.54, 1.807) is 23.5 Å². The molecule has 2 heterocycles. The fourth-order valence-electron chi connectivity index (χ4n) is 2.21. The van der Waals surface area contributed by atoms with Gasteiger partial charge in [-0.1, -0.05) is 24.3 Å². The van der Waals surface area contributed by atoms with E-state index in [4.69, 9.17) is 0 Å². The van der Waals surface area contributed by atoms with Gasteiger partial charge in [0.1, 0.15) is 5.82 Å². The van der Waals surface area contributed by atoms with Crippen molar-refractivity contribution in [2.45, 2.75) is 6.42 Å². The number of nitrogens with zero attached hydrogens (tertiary/aromatic N) is 1. The Balaban J connectivity index is 1.83. The van der Waals surface area contributed by atoms with Crippen molar-refractivity contribution in [3.8, 4) is 0 Å². The number of pyridine rings is 1. The molecule has 2 N–H and O–H groups in total. The minimum atomic E-state index is -0.935. The number of para-hydroxylation sites is 1. The van der Waals surface area contributed by atoms with Gasteiger partial charge in [-0.3, -0.25) is 0 Å². The maximum Gasteiger partial charge on any atom is 0.336 e. The Labute approximate surface area is 126 Å². The SMILES string of the molecule is O=C(O)c1cc(NCCc2cccs2)nc2ccccc12. The van der Waals surface area contributed by atoms with Gasteiger partial charge >= 0.3 is 5.97 Å². The standard InChI is InChI=1S/C16H14N2O2S/c19-16(20)13-10-15(17-8-7-11-4-3-9-21-11)18-14-6-2-1-5-12(13)14/h1-6,9-10H,7-8H2,(H,17,18)(H,19,20). The molecule has 0 aliphatic heterocycles. The Morgan fingerprint density at radius 2 is 2.10 bits per heavy atom. The van der Waals surface area contributed by atoms with Crippen LogP contribution in [-0.2, 0) is 6.42 Å². The number of anilines is 1. The van der Waals surface area contributed by atoms with Crippen LogP contribution in [0, 0.1) is 0 Å². The van der Waals surface area contributed by atoms with Crippen molar-refractivity contribution < 1.29 is 9.90 Å². The molecule has 0 saturated heterocycles. The number of thiophene rings is 1. The molecule has 3 aromatic rings. The molecule has 0 bridgehead atoms.